The molecule has 0 spiro atoms. The van der Waals surface area contributed by atoms with Crippen molar-refractivity contribution >= 4 is 11.7 Å². The normalized spacial score (nSPS) is 11.8. The number of ketones is 1. The molecule has 7 heteroatoms. The van der Waals surface area contributed by atoms with Gasteiger partial charge in [0.15, 0.2) is 5.78 Å². The van der Waals surface area contributed by atoms with Gasteiger partial charge in [0, 0.05) is 25.5 Å². The number of rotatable bonds is 7. The van der Waals surface area contributed by atoms with E-state index < -0.39 is 5.82 Å². The van der Waals surface area contributed by atoms with Gasteiger partial charge in [0.25, 0.3) is 0 Å². The summed E-state index contributed by atoms with van der Waals surface area (Å²) in [5.41, 5.74) is 2.27. The van der Waals surface area contributed by atoms with E-state index in [0.717, 1.165) is 11.3 Å². The van der Waals surface area contributed by atoms with Crippen LogP contribution in [0.3, 0.4) is 0 Å². The summed E-state index contributed by atoms with van der Waals surface area (Å²) in [6.45, 7) is 1.93. The summed E-state index contributed by atoms with van der Waals surface area (Å²) in [7, 11) is 1.72. The molecule has 0 aliphatic rings. The van der Waals surface area contributed by atoms with Gasteiger partial charge in [-0.05, 0) is 48.9 Å². The Morgan fingerprint density at radius 3 is 2.36 bits per heavy atom. The van der Waals surface area contributed by atoms with Crippen LogP contribution in [-0.4, -0.2) is 38.4 Å². The van der Waals surface area contributed by atoms with E-state index in [1.54, 1.807) is 23.0 Å². The van der Waals surface area contributed by atoms with Crippen LogP contribution < -0.4 is 0 Å². The Morgan fingerprint density at radius 1 is 1.07 bits per heavy atom. The van der Waals surface area contributed by atoms with E-state index >= 15 is 0 Å². The van der Waals surface area contributed by atoms with Gasteiger partial charge in [0.2, 0.25) is 5.91 Å². The van der Waals surface area contributed by atoms with Crippen molar-refractivity contribution in [3.63, 3.8) is 0 Å². The van der Waals surface area contributed by atoms with Crippen molar-refractivity contribution in [2.45, 2.75) is 25.8 Å². The molecule has 0 fully saturated rings. The number of aromatic nitrogens is 3. The molecular weight excluding hydrogens is 359 g/mol. The molecule has 1 heterocycles. The first kappa shape index (κ1) is 19.4. The predicted octanol–water partition coefficient (Wildman–Crippen LogP) is 3.59. The molecule has 0 unspecified atom stereocenters. The van der Waals surface area contributed by atoms with Gasteiger partial charge >= 0.3 is 0 Å². The number of halogens is 1. The third-order valence-corrected chi connectivity index (χ3v) is 4.77. The first-order chi connectivity index (χ1) is 13.5. The standard InChI is InChI=1S/C21H21FN4O2/c1-15(16-5-9-19(10-6-16)26-14-23-13-24-26)25(2)21(28)12-11-20(27)17-3-7-18(22)8-4-17/h3-10,13-15H,11-12H2,1-2H3/t15-/m0/s1. The van der Waals surface area contributed by atoms with Gasteiger partial charge in [-0.2, -0.15) is 5.10 Å². The lowest BCUT2D eigenvalue weighted by molar-refractivity contribution is -0.131. The Balaban J connectivity index is 1.57. The summed E-state index contributed by atoms with van der Waals surface area (Å²) in [4.78, 5) is 30.2. The Labute approximate surface area is 162 Å². The molecule has 1 aromatic heterocycles. The summed E-state index contributed by atoms with van der Waals surface area (Å²) < 4.78 is 14.6. The van der Waals surface area contributed by atoms with Crippen molar-refractivity contribution in [1.82, 2.24) is 19.7 Å². The highest BCUT2D eigenvalue weighted by molar-refractivity contribution is 5.97. The molecule has 3 rings (SSSR count). The molecule has 144 valence electrons. The number of benzene rings is 2. The fourth-order valence-corrected chi connectivity index (χ4v) is 2.86. The molecule has 0 saturated heterocycles. The number of carbonyl (C=O) groups excluding carboxylic acids is 2. The van der Waals surface area contributed by atoms with E-state index in [9.17, 15) is 14.0 Å². The molecule has 0 aliphatic heterocycles. The number of hydrogen-bond acceptors (Lipinski definition) is 4. The highest BCUT2D eigenvalue weighted by atomic mass is 19.1. The van der Waals surface area contributed by atoms with E-state index in [0.29, 0.717) is 5.56 Å². The highest BCUT2D eigenvalue weighted by Crippen LogP contribution is 2.21. The maximum Gasteiger partial charge on any atom is 0.223 e. The number of Topliss-reactive ketones (excluding diaryl/α,β-unsaturated/α-hetero) is 1. The molecule has 0 saturated carbocycles. The third-order valence-electron chi connectivity index (χ3n) is 4.77. The zero-order valence-electron chi connectivity index (χ0n) is 15.7. The van der Waals surface area contributed by atoms with Gasteiger partial charge in [-0.3, -0.25) is 9.59 Å². The summed E-state index contributed by atoms with van der Waals surface area (Å²) in [6.07, 6.45) is 3.28. The minimum Gasteiger partial charge on any atom is -0.339 e. The average Bonchev–Trinajstić information content (AvgIpc) is 3.26. The van der Waals surface area contributed by atoms with Crippen molar-refractivity contribution in [3.05, 3.63) is 78.1 Å². The van der Waals surface area contributed by atoms with Crippen LogP contribution in [0.25, 0.3) is 5.69 Å². The molecule has 0 N–H and O–H groups in total. The smallest absolute Gasteiger partial charge is 0.223 e. The highest BCUT2D eigenvalue weighted by Gasteiger charge is 2.19. The summed E-state index contributed by atoms with van der Waals surface area (Å²) in [6, 6.07) is 12.9. The van der Waals surface area contributed by atoms with Crippen LogP contribution in [0.1, 0.15) is 41.7 Å². The van der Waals surface area contributed by atoms with E-state index in [2.05, 4.69) is 10.1 Å². The first-order valence-corrected chi connectivity index (χ1v) is 8.95. The lowest BCUT2D eigenvalue weighted by Gasteiger charge is -2.25. The molecule has 28 heavy (non-hydrogen) atoms. The Hall–Kier alpha value is -3.35. The van der Waals surface area contributed by atoms with E-state index in [1.807, 2.05) is 31.2 Å². The SMILES string of the molecule is C[C@@H](c1ccc(-n2cncn2)cc1)N(C)C(=O)CCC(=O)c1ccc(F)cc1. The van der Waals surface area contributed by atoms with Gasteiger partial charge in [-0.25, -0.2) is 14.1 Å². The van der Waals surface area contributed by atoms with Crippen molar-refractivity contribution in [2.24, 2.45) is 0 Å². The lowest BCUT2D eigenvalue weighted by atomic mass is 10.0. The summed E-state index contributed by atoms with van der Waals surface area (Å²) in [5, 5.41) is 4.08. The molecular formula is C21H21FN4O2. The second kappa shape index (κ2) is 8.56. The minimum absolute atomic E-state index is 0.0900. The van der Waals surface area contributed by atoms with E-state index in [1.165, 1.54) is 30.6 Å². The first-order valence-electron chi connectivity index (χ1n) is 8.95. The minimum atomic E-state index is -0.393. The van der Waals surface area contributed by atoms with E-state index in [4.69, 9.17) is 0 Å². The fraction of sp³-hybridized carbons (Fsp3) is 0.238. The van der Waals surface area contributed by atoms with Gasteiger partial charge in [0.05, 0.1) is 11.7 Å². The van der Waals surface area contributed by atoms with Crippen molar-refractivity contribution < 1.29 is 14.0 Å². The van der Waals surface area contributed by atoms with Crippen LogP contribution in [0, 0.1) is 5.82 Å². The fourth-order valence-electron chi connectivity index (χ4n) is 2.86. The molecule has 3 aromatic rings. The maximum atomic E-state index is 12.9. The number of nitrogens with zero attached hydrogens (tertiary/aromatic N) is 4. The van der Waals surface area contributed by atoms with Crippen LogP contribution in [0.4, 0.5) is 4.39 Å². The topological polar surface area (TPSA) is 68.1 Å². The van der Waals surface area contributed by atoms with Crippen LogP contribution in [0.2, 0.25) is 0 Å². The van der Waals surface area contributed by atoms with Crippen LogP contribution in [0.15, 0.2) is 61.2 Å². The lowest BCUT2D eigenvalue weighted by Crippen LogP contribution is -2.29. The number of amides is 1. The summed E-state index contributed by atoms with van der Waals surface area (Å²) >= 11 is 0. The van der Waals surface area contributed by atoms with Gasteiger partial charge in [0.1, 0.15) is 18.5 Å². The molecule has 0 aliphatic carbocycles. The van der Waals surface area contributed by atoms with Crippen molar-refractivity contribution in [2.75, 3.05) is 7.05 Å². The van der Waals surface area contributed by atoms with E-state index in [-0.39, 0.29) is 30.6 Å². The van der Waals surface area contributed by atoms with Gasteiger partial charge < -0.3 is 4.90 Å². The molecule has 1 atom stereocenters. The number of carbonyl (C=O) groups is 2. The maximum absolute atomic E-state index is 12.9. The predicted molar refractivity (Wildman–Crippen MR) is 103 cm³/mol. The monoisotopic (exact) mass is 380 g/mol. The molecule has 0 radical (unpaired) electrons. The average molecular weight is 380 g/mol. The summed E-state index contributed by atoms with van der Waals surface area (Å²) in [5.74, 6) is -0.689. The van der Waals surface area contributed by atoms with Crippen LogP contribution in [-0.2, 0) is 4.79 Å². The molecule has 6 nitrogen and oxygen atoms in total. The Bertz CT molecular complexity index is 938. The van der Waals surface area contributed by atoms with Crippen molar-refractivity contribution in [3.8, 4) is 5.69 Å². The van der Waals surface area contributed by atoms with Crippen LogP contribution in [0.5, 0.6) is 0 Å². The zero-order chi connectivity index (χ0) is 20.1. The third kappa shape index (κ3) is 4.49. The van der Waals surface area contributed by atoms with Crippen molar-refractivity contribution in [1.29, 1.82) is 0 Å². The second-order valence-electron chi connectivity index (χ2n) is 6.54. The molecule has 2 aromatic carbocycles. The Kier molecular flexibility index (Phi) is 5.93. The second-order valence-corrected chi connectivity index (χ2v) is 6.54. The quantitative estimate of drug-likeness (QED) is 0.588. The van der Waals surface area contributed by atoms with Crippen LogP contribution >= 0.6 is 0 Å². The Morgan fingerprint density at radius 2 is 1.75 bits per heavy atom. The van der Waals surface area contributed by atoms with Gasteiger partial charge in [-0.15, -0.1) is 0 Å². The largest absolute Gasteiger partial charge is 0.339 e. The molecule has 1 amide bonds. The number of hydrogen-bond donors (Lipinski definition) is 0. The van der Waals surface area contributed by atoms with Gasteiger partial charge in [-0.1, -0.05) is 12.1 Å². The molecule has 0 bridgehead atoms. The zero-order valence-corrected chi connectivity index (χ0v) is 15.7.